The summed E-state index contributed by atoms with van der Waals surface area (Å²) in [6.07, 6.45) is 1.45. The fraction of sp³-hybridized carbons (Fsp3) is 0.167. The van der Waals surface area contributed by atoms with Crippen LogP contribution < -0.4 is 4.74 Å². The van der Waals surface area contributed by atoms with E-state index >= 15 is 0 Å². The number of halogens is 1. The molecule has 4 nitrogen and oxygen atoms in total. The maximum atomic E-state index is 13.4. The van der Waals surface area contributed by atoms with Gasteiger partial charge in [0.15, 0.2) is 0 Å². The molecule has 88 valence electrons. The van der Waals surface area contributed by atoms with Gasteiger partial charge >= 0.3 is 5.97 Å². The number of carbonyl (C=O) groups excluding carboxylic acids is 1. The summed E-state index contributed by atoms with van der Waals surface area (Å²) in [6.45, 7) is 0. The minimum absolute atomic E-state index is 0.260. The van der Waals surface area contributed by atoms with Crippen molar-refractivity contribution in [1.82, 2.24) is 4.98 Å². The topological polar surface area (TPSA) is 48.4 Å². The van der Waals surface area contributed by atoms with E-state index in [2.05, 4.69) is 9.72 Å². The molecule has 1 heterocycles. The van der Waals surface area contributed by atoms with Gasteiger partial charge in [-0.2, -0.15) is 0 Å². The van der Waals surface area contributed by atoms with Crippen LogP contribution in [0.2, 0.25) is 0 Å². The number of benzene rings is 1. The van der Waals surface area contributed by atoms with Crippen molar-refractivity contribution in [2.45, 2.75) is 0 Å². The highest BCUT2D eigenvalue weighted by Gasteiger charge is 2.14. The van der Waals surface area contributed by atoms with Gasteiger partial charge in [-0.25, -0.2) is 9.18 Å². The minimum Gasteiger partial charge on any atom is -0.494 e. The summed E-state index contributed by atoms with van der Waals surface area (Å²) in [5, 5.41) is 0.371. The van der Waals surface area contributed by atoms with Crippen LogP contribution in [0, 0.1) is 5.82 Å². The Bertz CT molecular complexity index is 583. The molecule has 0 amide bonds. The predicted octanol–water partition coefficient (Wildman–Crippen LogP) is 2.17. The number of ether oxygens (including phenoxy) is 2. The van der Waals surface area contributed by atoms with Crippen LogP contribution in [-0.4, -0.2) is 25.2 Å². The summed E-state index contributed by atoms with van der Waals surface area (Å²) < 4.78 is 23.0. The Morgan fingerprint density at radius 2 is 2.12 bits per heavy atom. The molecule has 0 aliphatic carbocycles. The van der Waals surface area contributed by atoms with E-state index in [9.17, 15) is 9.18 Å². The number of fused-ring (bicyclic) bond motifs is 1. The van der Waals surface area contributed by atoms with E-state index in [1.165, 1.54) is 38.6 Å². The molecule has 5 heteroatoms. The van der Waals surface area contributed by atoms with Crippen LogP contribution in [0.1, 0.15) is 10.4 Å². The molecule has 1 aromatic carbocycles. The van der Waals surface area contributed by atoms with E-state index in [0.717, 1.165) is 0 Å². The Morgan fingerprint density at radius 3 is 2.76 bits per heavy atom. The number of pyridine rings is 1. The van der Waals surface area contributed by atoms with Crippen LogP contribution in [-0.2, 0) is 4.74 Å². The van der Waals surface area contributed by atoms with Crippen LogP contribution in [0.5, 0.6) is 5.75 Å². The van der Waals surface area contributed by atoms with E-state index < -0.39 is 11.8 Å². The lowest BCUT2D eigenvalue weighted by molar-refractivity contribution is 0.0603. The summed E-state index contributed by atoms with van der Waals surface area (Å²) >= 11 is 0. The van der Waals surface area contributed by atoms with Crippen molar-refractivity contribution in [3.05, 3.63) is 35.8 Å². The first kappa shape index (κ1) is 11.3. The van der Waals surface area contributed by atoms with Gasteiger partial charge in [0.25, 0.3) is 0 Å². The number of hydrogen-bond acceptors (Lipinski definition) is 4. The second kappa shape index (κ2) is 4.37. The Kier molecular flexibility index (Phi) is 2.91. The molecule has 0 N–H and O–H groups in total. The molecule has 0 atom stereocenters. The molecule has 0 unspecified atom stereocenters. The average Bonchev–Trinajstić information content (AvgIpc) is 2.36. The smallest absolute Gasteiger partial charge is 0.338 e. The third-order valence-corrected chi connectivity index (χ3v) is 2.40. The fourth-order valence-corrected chi connectivity index (χ4v) is 1.63. The Balaban J connectivity index is 2.80. The maximum Gasteiger partial charge on any atom is 0.338 e. The van der Waals surface area contributed by atoms with Crippen LogP contribution in [0.15, 0.2) is 24.4 Å². The predicted molar refractivity (Wildman–Crippen MR) is 59.6 cm³/mol. The summed E-state index contributed by atoms with van der Waals surface area (Å²) in [5.74, 6) is -0.747. The lowest BCUT2D eigenvalue weighted by atomic mass is 10.1. The van der Waals surface area contributed by atoms with Gasteiger partial charge in [0.2, 0.25) is 0 Å². The Hall–Kier alpha value is -2.17. The molecule has 0 aliphatic rings. The highest BCUT2D eigenvalue weighted by atomic mass is 19.1. The molecule has 17 heavy (non-hydrogen) atoms. The summed E-state index contributed by atoms with van der Waals surface area (Å²) in [6, 6.07) is 3.93. The molecule has 0 radical (unpaired) electrons. The zero-order valence-electron chi connectivity index (χ0n) is 9.36. The molecule has 1 aromatic heterocycles. The second-order valence-electron chi connectivity index (χ2n) is 3.35. The van der Waals surface area contributed by atoms with Crippen molar-refractivity contribution in [1.29, 1.82) is 0 Å². The second-order valence-corrected chi connectivity index (χ2v) is 3.35. The molecule has 2 aromatic rings. The number of methoxy groups -OCH3 is 2. The van der Waals surface area contributed by atoms with Crippen molar-refractivity contribution < 1.29 is 18.7 Å². The number of aromatic nitrogens is 1. The first-order valence-electron chi connectivity index (χ1n) is 4.88. The van der Waals surface area contributed by atoms with Crippen LogP contribution >= 0.6 is 0 Å². The SMILES string of the molecule is COC(=O)c1ccnc2c(OC)cc(F)cc12. The standard InChI is InChI=1S/C12H10FNO3/c1-16-10-6-7(13)5-9-8(12(15)17-2)3-4-14-11(9)10/h3-6H,1-2H3. The summed E-state index contributed by atoms with van der Waals surface area (Å²) in [5.41, 5.74) is 0.687. The molecule has 0 saturated heterocycles. The highest BCUT2D eigenvalue weighted by Crippen LogP contribution is 2.27. The quantitative estimate of drug-likeness (QED) is 0.748. The number of esters is 1. The number of nitrogens with zero attached hydrogens (tertiary/aromatic N) is 1. The minimum atomic E-state index is -0.537. The van der Waals surface area contributed by atoms with Crippen LogP contribution in [0.4, 0.5) is 4.39 Å². The maximum absolute atomic E-state index is 13.4. The normalized spacial score (nSPS) is 10.3. The van der Waals surface area contributed by atoms with Gasteiger partial charge in [0, 0.05) is 17.6 Å². The third kappa shape index (κ3) is 1.91. The van der Waals surface area contributed by atoms with E-state index in [1.807, 2.05) is 0 Å². The van der Waals surface area contributed by atoms with Gasteiger partial charge < -0.3 is 9.47 Å². The fourth-order valence-electron chi connectivity index (χ4n) is 1.63. The molecule has 2 rings (SSSR count). The van der Waals surface area contributed by atoms with Crippen molar-refractivity contribution >= 4 is 16.9 Å². The molecular weight excluding hydrogens is 225 g/mol. The zero-order valence-corrected chi connectivity index (χ0v) is 9.36. The van der Waals surface area contributed by atoms with E-state index in [4.69, 9.17) is 4.74 Å². The number of hydrogen-bond donors (Lipinski definition) is 0. The van der Waals surface area contributed by atoms with Gasteiger partial charge in [-0.15, -0.1) is 0 Å². The largest absolute Gasteiger partial charge is 0.494 e. The van der Waals surface area contributed by atoms with E-state index in [1.54, 1.807) is 0 Å². The zero-order chi connectivity index (χ0) is 12.4. The van der Waals surface area contributed by atoms with Gasteiger partial charge in [-0.3, -0.25) is 4.98 Å². The lowest BCUT2D eigenvalue weighted by Crippen LogP contribution is -2.03. The van der Waals surface area contributed by atoms with Gasteiger partial charge in [0.05, 0.1) is 19.8 Å². The highest BCUT2D eigenvalue weighted by molar-refractivity contribution is 6.04. The van der Waals surface area contributed by atoms with E-state index in [-0.39, 0.29) is 11.3 Å². The monoisotopic (exact) mass is 235 g/mol. The van der Waals surface area contributed by atoms with Crippen molar-refractivity contribution in [2.75, 3.05) is 14.2 Å². The summed E-state index contributed by atoms with van der Waals surface area (Å²) in [4.78, 5) is 15.6. The summed E-state index contributed by atoms with van der Waals surface area (Å²) in [7, 11) is 2.69. The van der Waals surface area contributed by atoms with Crippen molar-refractivity contribution in [3.8, 4) is 5.75 Å². The molecule has 0 aliphatic heterocycles. The van der Waals surface area contributed by atoms with Crippen molar-refractivity contribution in [2.24, 2.45) is 0 Å². The first-order chi connectivity index (χ1) is 8.17. The molecular formula is C12H10FNO3. The average molecular weight is 235 g/mol. The van der Waals surface area contributed by atoms with Gasteiger partial charge in [-0.05, 0) is 12.1 Å². The Morgan fingerprint density at radius 1 is 1.35 bits per heavy atom. The molecule has 0 bridgehead atoms. The van der Waals surface area contributed by atoms with E-state index in [0.29, 0.717) is 10.9 Å². The Labute approximate surface area is 97.0 Å². The first-order valence-corrected chi connectivity index (χ1v) is 4.88. The number of rotatable bonds is 2. The number of carbonyl (C=O) groups is 1. The molecule has 0 saturated carbocycles. The van der Waals surface area contributed by atoms with Gasteiger partial charge in [0.1, 0.15) is 17.1 Å². The molecule has 0 spiro atoms. The lowest BCUT2D eigenvalue weighted by Gasteiger charge is -2.07. The van der Waals surface area contributed by atoms with Crippen LogP contribution in [0.3, 0.4) is 0 Å². The van der Waals surface area contributed by atoms with Crippen LogP contribution in [0.25, 0.3) is 10.9 Å². The van der Waals surface area contributed by atoms with Crippen molar-refractivity contribution in [3.63, 3.8) is 0 Å². The molecule has 0 fully saturated rings. The third-order valence-electron chi connectivity index (χ3n) is 2.40. The van der Waals surface area contributed by atoms with Gasteiger partial charge in [-0.1, -0.05) is 0 Å².